The number of hydrogen-bond donors (Lipinski definition) is 0. The molecule has 100 valence electrons. The minimum absolute atomic E-state index is 0.162. The summed E-state index contributed by atoms with van der Waals surface area (Å²) in [6, 6.07) is 1.99. The minimum atomic E-state index is 0.162. The van der Waals surface area contributed by atoms with Crippen LogP contribution in [-0.4, -0.2) is 42.2 Å². The third-order valence-electron chi connectivity index (χ3n) is 3.98. The molecule has 0 saturated carbocycles. The second kappa shape index (κ2) is 5.14. The molecule has 18 heavy (non-hydrogen) atoms. The largest absolute Gasteiger partial charge is 0.384 e. The average molecular weight is 250 g/mol. The van der Waals surface area contributed by atoms with Crippen LogP contribution >= 0.6 is 0 Å². The van der Waals surface area contributed by atoms with Crippen molar-refractivity contribution in [3.05, 3.63) is 23.0 Å². The maximum Gasteiger partial charge on any atom is 0.255 e. The lowest BCUT2D eigenvalue weighted by atomic mass is 10.1. The van der Waals surface area contributed by atoms with E-state index in [4.69, 9.17) is 4.74 Å². The summed E-state index contributed by atoms with van der Waals surface area (Å²) in [6.07, 6.45) is 1.05. The second-order valence-corrected chi connectivity index (χ2v) is 5.21. The van der Waals surface area contributed by atoms with Crippen molar-refractivity contribution >= 4 is 5.91 Å². The molecule has 0 radical (unpaired) electrons. The number of rotatable bonds is 3. The summed E-state index contributed by atoms with van der Waals surface area (Å²) in [4.78, 5) is 14.4. The normalized spacial score (nSPS) is 19.6. The van der Waals surface area contributed by atoms with Crippen LogP contribution in [0.25, 0.3) is 0 Å². The quantitative estimate of drug-likeness (QED) is 0.819. The second-order valence-electron chi connectivity index (χ2n) is 5.21. The highest BCUT2D eigenvalue weighted by Gasteiger charge is 2.28. The first-order chi connectivity index (χ1) is 8.54. The first kappa shape index (κ1) is 13.1. The Bertz CT molecular complexity index is 451. The number of amides is 1. The molecule has 4 nitrogen and oxygen atoms in total. The SMILES string of the molecule is COCC1CCN(C(=O)c2cc(C)n(C)c2C)C1. The molecule has 0 bridgehead atoms. The van der Waals surface area contributed by atoms with Gasteiger partial charge in [-0.2, -0.15) is 0 Å². The monoisotopic (exact) mass is 250 g/mol. The summed E-state index contributed by atoms with van der Waals surface area (Å²) in [5.41, 5.74) is 3.02. The van der Waals surface area contributed by atoms with Crippen molar-refractivity contribution in [2.45, 2.75) is 20.3 Å². The molecule has 1 aliphatic heterocycles. The van der Waals surface area contributed by atoms with Gasteiger partial charge in [-0.1, -0.05) is 0 Å². The highest BCUT2D eigenvalue weighted by atomic mass is 16.5. The van der Waals surface area contributed by atoms with Crippen LogP contribution in [0.4, 0.5) is 0 Å². The van der Waals surface area contributed by atoms with Gasteiger partial charge in [0.2, 0.25) is 0 Å². The molecule has 1 aliphatic rings. The Morgan fingerprint density at radius 1 is 1.50 bits per heavy atom. The molecule has 0 N–H and O–H groups in total. The maximum atomic E-state index is 12.5. The molecule has 0 aliphatic carbocycles. The molecule has 0 spiro atoms. The van der Waals surface area contributed by atoms with Gasteiger partial charge >= 0.3 is 0 Å². The molecular formula is C14H22N2O2. The lowest BCUT2D eigenvalue weighted by molar-refractivity contribution is 0.0774. The molecule has 1 amide bonds. The van der Waals surface area contributed by atoms with Crippen LogP contribution in [0.3, 0.4) is 0 Å². The van der Waals surface area contributed by atoms with E-state index in [0.717, 1.165) is 43.1 Å². The number of aryl methyl sites for hydroxylation is 1. The number of nitrogens with zero attached hydrogens (tertiary/aromatic N) is 2. The summed E-state index contributed by atoms with van der Waals surface area (Å²) >= 11 is 0. The van der Waals surface area contributed by atoms with E-state index < -0.39 is 0 Å². The topological polar surface area (TPSA) is 34.5 Å². The van der Waals surface area contributed by atoms with Gasteiger partial charge in [-0.05, 0) is 26.3 Å². The minimum Gasteiger partial charge on any atom is -0.384 e. The van der Waals surface area contributed by atoms with Crippen LogP contribution in [0.1, 0.15) is 28.2 Å². The van der Waals surface area contributed by atoms with Crippen molar-refractivity contribution in [3.8, 4) is 0 Å². The predicted octanol–water partition coefficient (Wildman–Crippen LogP) is 1.75. The zero-order chi connectivity index (χ0) is 13.3. The summed E-state index contributed by atoms with van der Waals surface area (Å²) < 4.78 is 7.23. The van der Waals surface area contributed by atoms with Gasteiger partial charge in [0.1, 0.15) is 0 Å². The van der Waals surface area contributed by atoms with Gasteiger partial charge in [0.05, 0.1) is 12.2 Å². The predicted molar refractivity (Wildman–Crippen MR) is 70.8 cm³/mol. The third kappa shape index (κ3) is 2.29. The Morgan fingerprint density at radius 3 is 2.78 bits per heavy atom. The molecule has 4 heteroatoms. The summed E-state index contributed by atoms with van der Waals surface area (Å²) in [7, 11) is 3.72. The number of aromatic nitrogens is 1. The van der Waals surface area contributed by atoms with Crippen molar-refractivity contribution in [1.29, 1.82) is 0 Å². The smallest absolute Gasteiger partial charge is 0.255 e. The fourth-order valence-electron chi connectivity index (χ4n) is 2.63. The summed E-state index contributed by atoms with van der Waals surface area (Å²) in [5.74, 6) is 0.652. The zero-order valence-electron chi connectivity index (χ0n) is 11.7. The first-order valence-corrected chi connectivity index (χ1v) is 6.45. The fourth-order valence-corrected chi connectivity index (χ4v) is 2.63. The van der Waals surface area contributed by atoms with Crippen LogP contribution in [0.5, 0.6) is 0 Å². The van der Waals surface area contributed by atoms with Crippen molar-refractivity contribution < 1.29 is 9.53 Å². The number of carbonyl (C=O) groups excluding carboxylic acids is 1. The van der Waals surface area contributed by atoms with Crippen LogP contribution < -0.4 is 0 Å². The molecule has 2 rings (SSSR count). The van der Waals surface area contributed by atoms with E-state index in [1.54, 1.807) is 7.11 Å². The van der Waals surface area contributed by atoms with Crippen molar-refractivity contribution in [2.75, 3.05) is 26.8 Å². The standard InChI is InChI=1S/C14H22N2O2/c1-10-7-13(11(2)15(10)3)14(17)16-6-5-12(8-16)9-18-4/h7,12H,5-6,8-9H2,1-4H3. The Labute approximate surface area is 109 Å². The van der Waals surface area contributed by atoms with E-state index in [0.29, 0.717) is 5.92 Å². The van der Waals surface area contributed by atoms with Gasteiger partial charge in [0, 0.05) is 44.6 Å². The maximum absolute atomic E-state index is 12.5. The van der Waals surface area contributed by atoms with Gasteiger partial charge in [-0.3, -0.25) is 4.79 Å². The highest BCUT2D eigenvalue weighted by molar-refractivity contribution is 5.95. The van der Waals surface area contributed by atoms with E-state index in [-0.39, 0.29) is 5.91 Å². The molecule has 0 aromatic carbocycles. The van der Waals surface area contributed by atoms with E-state index in [1.807, 2.05) is 31.9 Å². The van der Waals surface area contributed by atoms with Gasteiger partial charge < -0.3 is 14.2 Å². The van der Waals surface area contributed by atoms with Gasteiger partial charge in [-0.25, -0.2) is 0 Å². The van der Waals surface area contributed by atoms with E-state index in [9.17, 15) is 4.79 Å². The van der Waals surface area contributed by atoms with Crippen molar-refractivity contribution in [2.24, 2.45) is 13.0 Å². The molecule has 1 aromatic heterocycles. The van der Waals surface area contributed by atoms with Crippen molar-refractivity contribution in [1.82, 2.24) is 9.47 Å². The average Bonchev–Trinajstić information content (AvgIpc) is 2.90. The number of methoxy groups -OCH3 is 1. The Kier molecular flexibility index (Phi) is 3.76. The van der Waals surface area contributed by atoms with Crippen LogP contribution in [0.15, 0.2) is 6.07 Å². The van der Waals surface area contributed by atoms with Crippen LogP contribution in [0, 0.1) is 19.8 Å². The zero-order valence-corrected chi connectivity index (χ0v) is 11.7. The van der Waals surface area contributed by atoms with Crippen LogP contribution in [-0.2, 0) is 11.8 Å². The summed E-state index contributed by atoms with van der Waals surface area (Å²) in [6.45, 7) is 6.45. The first-order valence-electron chi connectivity index (χ1n) is 6.45. The molecule has 2 heterocycles. The van der Waals surface area contributed by atoms with Crippen LogP contribution in [0.2, 0.25) is 0 Å². The van der Waals surface area contributed by atoms with E-state index in [2.05, 4.69) is 4.57 Å². The highest BCUT2D eigenvalue weighted by Crippen LogP contribution is 2.21. The summed E-state index contributed by atoms with van der Waals surface area (Å²) in [5, 5.41) is 0. The van der Waals surface area contributed by atoms with E-state index in [1.165, 1.54) is 0 Å². The molecular weight excluding hydrogens is 228 g/mol. The number of carbonyl (C=O) groups is 1. The van der Waals surface area contributed by atoms with Gasteiger partial charge in [0.25, 0.3) is 5.91 Å². The van der Waals surface area contributed by atoms with Gasteiger partial charge in [-0.15, -0.1) is 0 Å². The molecule has 1 fully saturated rings. The molecule has 1 aromatic rings. The molecule has 1 atom stereocenters. The molecule has 1 saturated heterocycles. The fraction of sp³-hybridized carbons (Fsp3) is 0.643. The van der Waals surface area contributed by atoms with E-state index >= 15 is 0 Å². The van der Waals surface area contributed by atoms with Crippen molar-refractivity contribution in [3.63, 3.8) is 0 Å². The number of ether oxygens (including phenoxy) is 1. The number of likely N-dealkylation sites (tertiary alicyclic amines) is 1. The lowest BCUT2D eigenvalue weighted by Gasteiger charge is -2.16. The number of hydrogen-bond acceptors (Lipinski definition) is 2. The Morgan fingerprint density at radius 2 is 2.22 bits per heavy atom. The Balaban J connectivity index is 2.10. The molecule has 1 unspecified atom stereocenters. The third-order valence-corrected chi connectivity index (χ3v) is 3.98. The Hall–Kier alpha value is -1.29. The lowest BCUT2D eigenvalue weighted by Crippen LogP contribution is -2.29. The van der Waals surface area contributed by atoms with Gasteiger partial charge in [0.15, 0.2) is 0 Å².